The molecule has 0 spiro atoms. The molecule has 1 aliphatic heterocycles. The number of aryl methyl sites for hydroxylation is 3. The van der Waals surface area contributed by atoms with Gasteiger partial charge in [0, 0.05) is 44.7 Å². The second-order valence-electron chi connectivity index (χ2n) is 6.65. The predicted octanol–water partition coefficient (Wildman–Crippen LogP) is 0.869. The van der Waals surface area contributed by atoms with Gasteiger partial charge >= 0.3 is 0 Å². The Hall–Kier alpha value is -1.77. The van der Waals surface area contributed by atoms with E-state index in [0.29, 0.717) is 19.4 Å². The van der Waals surface area contributed by atoms with Gasteiger partial charge in [-0.2, -0.15) is 5.10 Å². The minimum Gasteiger partial charge on any atom is -0.390 e. The van der Waals surface area contributed by atoms with E-state index in [0.717, 1.165) is 35.8 Å². The lowest BCUT2D eigenvalue weighted by molar-refractivity contribution is -0.123. The third-order valence-electron chi connectivity index (χ3n) is 4.46. The maximum atomic E-state index is 12.1. The van der Waals surface area contributed by atoms with Crippen molar-refractivity contribution in [1.82, 2.24) is 25.0 Å². The van der Waals surface area contributed by atoms with Crippen molar-refractivity contribution in [3.05, 3.63) is 34.0 Å². The normalized spacial score (nSPS) is 21.4. The number of nitrogens with one attached hydrogen (secondary N) is 1. The molecular weight excluding hydrogens is 338 g/mol. The first kappa shape index (κ1) is 18.0. The van der Waals surface area contributed by atoms with Crippen LogP contribution in [0.5, 0.6) is 0 Å². The molecule has 1 saturated heterocycles. The Morgan fingerprint density at radius 2 is 2.36 bits per heavy atom. The average molecular weight is 363 g/mol. The molecule has 2 aromatic heterocycles. The van der Waals surface area contributed by atoms with Crippen LogP contribution in [0, 0.1) is 6.92 Å². The highest BCUT2D eigenvalue weighted by Crippen LogP contribution is 2.16. The number of hydrogen-bond acceptors (Lipinski definition) is 6. The van der Waals surface area contributed by atoms with Gasteiger partial charge in [0.25, 0.3) is 0 Å². The molecule has 1 fully saturated rings. The lowest BCUT2D eigenvalue weighted by atomic mass is 10.0. The number of rotatable bonds is 6. The monoisotopic (exact) mass is 363 g/mol. The number of aliphatic hydroxyl groups excluding tert-OH is 1. The van der Waals surface area contributed by atoms with Crippen LogP contribution in [-0.4, -0.2) is 55.9 Å². The summed E-state index contributed by atoms with van der Waals surface area (Å²) in [5.41, 5.74) is 2.10. The standard InChI is InChI=1S/C17H25N5O2S/c1-12-19-14(11-25-12)9-22-6-5-15(16(23)10-22)20-17(24)4-3-13-7-18-21(2)8-13/h7-8,11,15-16,23H,3-6,9-10H2,1-2H3,(H,20,24)/t15-,16-/m1/s1. The van der Waals surface area contributed by atoms with Gasteiger partial charge in [-0.1, -0.05) is 0 Å². The number of aromatic nitrogens is 3. The smallest absolute Gasteiger partial charge is 0.220 e. The molecule has 25 heavy (non-hydrogen) atoms. The molecule has 2 atom stereocenters. The fraction of sp³-hybridized carbons (Fsp3) is 0.588. The number of aliphatic hydroxyl groups is 1. The second kappa shape index (κ2) is 8.07. The van der Waals surface area contributed by atoms with Gasteiger partial charge in [0.2, 0.25) is 5.91 Å². The van der Waals surface area contributed by atoms with Crippen molar-refractivity contribution in [2.45, 2.75) is 44.9 Å². The van der Waals surface area contributed by atoms with E-state index in [1.165, 1.54) is 0 Å². The zero-order chi connectivity index (χ0) is 17.8. The molecule has 136 valence electrons. The van der Waals surface area contributed by atoms with Crippen LogP contribution in [0.1, 0.15) is 29.1 Å². The minimum atomic E-state index is -0.546. The molecule has 0 aromatic carbocycles. The Morgan fingerprint density at radius 1 is 1.52 bits per heavy atom. The Bertz CT molecular complexity index is 713. The first-order valence-electron chi connectivity index (χ1n) is 8.58. The molecule has 0 unspecified atom stereocenters. The van der Waals surface area contributed by atoms with E-state index in [2.05, 4.69) is 25.7 Å². The maximum absolute atomic E-state index is 12.1. The number of hydrogen-bond donors (Lipinski definition) is 2. The minimum absolute atomic E-state index is 0.0171. The molecular formula is C17H25N5O2S. The fourth-order valence-corrected chi connectivity index (χ4v) is 3.76. The Labute approximate surface area is 151 Å². The lowest BCUT2D eigenvalue weighted by Crippen LogP contribution is -2.53. The second-order valence-corrected chi connectivity index (χ2v) is 7.71. The van der Waals surface area contributed by atoms with Gasteiger partial charge in [-0.3, -0.25) is 14.4 Å². The van der Waals surface area contributed by atoms with E-state index in [1.807, 2.05) is 20.2 Å². The first-order valence-corrected chi connectivity index (χ1v) is 9.46. The number of piperidine rings is 1. The van der Waals surface area contributed by atoms with Crippen LogP contribution in [0.15, 0.2) is 17.8 Å². The molecule has 0 saturated carbocycles. The molecule has 3 heterocycles. The van der Waals surface area contributed by atoms with Gasteiger partial charge in [0.1, 0.15) is 0 Å². The molecule has 8 heteroatoms. The van der Waals surface area contributed by atoms with Crippen molar-refractivity contribution in [1.29, 1.82) is 0 Å². The van der Waals surface area contributed by atoms with E-state index in [-0.39, 0.29) is 11.9 Å². The quantitative estimate of drug-likeness (QED) is 0.796. The lowest BCUT2D eigenvalue weighted by Gasteiger charge is -2.36. The summed E-state index contributed by atoms with van der Waals surface area (Å²) in [5, 5.41) is 20.6. The number of thiazole rings is 1. The van der Waals surface area contributed by atoms with E-state index in [4.69, 9.17) is 0 Å². The molecule has 1 aliphatic rings. The van der Waals surface area contributed by atoms with Crippen molar-refractivity contribution >= 4 is 17.2 Å². The number of likely N-dealkylation sites (tertiary alicyclic amines) is 1. The number of nitrogens with zero attached hydrogens (tertiary/aromatic N) is 4. The summed E-state index contributed by atoms with van der Waals surface area (Å²) >= 11 is 1.64. The fourth-order valence-electron chi connectivity index (χ4n) is 3.16. The molecule has 1 amide bonds. The summed E-state index contributed by atoms with van der Waals surface area (Å²) < 4.78 is 1.73. The molecule has 3 rings (SSSR count). The van der Waals surface area contributed by atoms with Gasteiger partial charge < -0.3 is 10.4 Å². The highest BCUT2D eigenvalue weighted by atomic mass is 32.1. The molecule has 2 N–H and O–H groups in total. The SMILES string of the molecule is Cc1nc(CN2CC[C@@H](NC(=O)CCc3cnn(C)c3)[C@H](O)C2)cs1. The highest BCUT2D eigenvalue weighted by molar-refractivity contribution is 7.09. The van der Waals surface area contributed by atoms with E-state index in [1.54, 1.807) is 22.2 Å². The summed E-state index contributed by atoms with van der Waals surface area (Å²) in [5.74, 6) is -0.0171. The third kappa shape index (κ3) is 5.10. The van der Waals surface area contributed by atoms with Crippen LogP contribution in [0.3, 0.4) is 0 Å². The summed E-state index contributed by atoms with van der Waals surface area (Å²) in [6, 6.07) is -0.171. The van der Waals surface area contributed by atoms with Gasteiger partial charge in [-0.15, -0.1) is 11.3 Å². The Balaban J connectivity index is 1.42. The number of carbonyl (C=O) groups excluding carboxylic acids is 1. The Morgan fingerprint density at radius 3 is 3.00 bits per heavy atom. The predicted molar refractivity (Wildman–Crippen MR) is 96.2 cm³/mol. The maximum Gasteiger partial charge on any atom is 0.220 e. The van der Waals surface area contributed by atoms with Crippen LogP contribution >= 0.6 is 11.3 Å². The van der Waals surface area contributed by atoms with Crippen LogP contribution in [0.4, 0.5) is 0 Å². The molecule has 0 aliphatic carbocycles. The summed E-state index contributed by atoms with van der Waals surface area (Å²) in [6.07, 6.45) is 4.98. The summed E-state index contributed by atoms with van der Waals surface area (Å²) in [6.45, 7) is 4.16. The van der Waals surface area contributed by atoms with Crippen LogP contribution in [-0.2, 0) is 24.8 Å². The molecule has 7 nitrogen and oxygen atoms in total. The highest BCUT2D eigenvalue weighted by Gasteiger charge is 2.29. The number of amides is 1. The number of carbonyl (C=O) groups is 1. The van der Waals surface area contributed by atoms with Gasteiger partial charge in [0.15, 0.2) is 0 Å². The Kier molecular flexibility index (Phi) is 5.82. The largest absolute Gasteiger partial charge is 0.390 e. The van der Waals surface area contributed by atoms with E-state index >= 15 is 0 Å². The zero-order valence-corrected chi connectivity index (χ0v) is 15.5. The van der Waals surface area contributed by atoms with Crippen molar-refractivity contribution < 1.29 is 9.90 Å². The van der Waals surface area contributed by atoms with E-state index < -0.39 is 6.10 Å². The molecule has 2 aromatic rings. The number of β-amino-alcohol motifs (C(OH)–C–C–N with tert-alkyl or cyclic N) is 1. The molecule has 0 bridgehead atoms. The topological polar surface area (TPSA) is 83.3 Å². The van der Waals surface area contributed by atoms with Gasteiger partial charge in [0.05, 0.1) is 29.0 Å². The van der Waals surface area contributed by atoms with Crippen molar-refractivity contribution in [3.8, 4) is 0 Å². The van der Waals surface area contributed by atoms with Crippen molar-refractivity contribution in [2.75, 3.05) is 13.1 Å². The van der Waals surface area contributed by atoms with E-state index in [9.17, 15) is 9.90 Å². The van der Waals surface area contributed by atoms with Crippen molar-refractivity contribution in [2.24, 2.45) is 7.05 Å². The van der Waals surface area contributed by atoms with Crippen molar-refractivity contribution in [3.63, 3.8) is 0 Å². The summed E-state index contributed by atoms with van der Waals surface area (Å²) in [4.78, 5) is 18.8. The van der Waals surface area contributed by atoms with Crippen LogP contribution in [0.25, 0.3) is 0 Å². The van der Waals surface area contributed by atoms with Gasteiger partial charge in [-0.25, -0.2) is 4.98 Å². The molecule has 0 radical (unpaired) electrons. The van der Waals surface area contributed by atoms with Gasteiger partial charge in [-0.05, 0) is 25.3 Å². The van der Waals surface area contributed by atoms with Crippen LogP contribution < -0.4 is 5.32 Å². The van der Waals surface area contributed by atoms with Crippen LogP contribution in [0.2, 0.25) is 0 Å². The average Bonchev–Trinajstić information content (AvgIpc) is 3.16. The first-order chi connectivity index (χ1) is 12.0. The zero-order valence-electron chi connectivity index (χ0n) is 14.7. The summed E-state index contributed by atoms with van der Waals surface area (Å²) in [7, 11) is 1.86. The third-order valence-corrected chi connectivity index (χ3v) is 5.29.